The number of piperidine rings is 1. The molecule has 0 spiro atoms. The highest BCUT2D eigenvalue weighted by Gasteiger charge is 2.26. The Balaban J connectivity index is 1.83. The molecule has 2 amide bonds. The number of hydrogen-bond acceptors (Lipinski definition) is 5. The molecule has 0 unspecified atom stereocenters. The molecular formula is C16H27N5O3. The van der Waals surface area contributed by atoms with Gasteiger partial charge in [-0.15, -0.1) is 0 Å². The minimum Gasteiger partial charge on any atom is -0.453 e. The fraction of sp³-hybridized carbons (Fsp3) is 0.688. The summed E-state index contributed by atoms with van der Waals surface area (Å²) < 4.78 is 6.68. The van der Waals surface area contributed by atoms with Crippen LogP contribution in [0.15, 0.2) is 12.4 Å². The van der Waals surface area contributed by atoms with E-state index in [1.54, 1.807) is 4.90 Å². The molecule has 8 heteroatoms. The molecule has 1 fully saturated rings. The van der Waals surface area contributed by atoms with Crippen LogP contribution < -0.4 is 5.32 Å². The molecule has 0 atom stereocenters. The Morgan fingerprint density at radius 1 is 1.38 bits per heavy atom. The molecule has 1 aliphatic rings. The average Bonchev–Trinajstić information content (AvgIpc) is 3.06. The van der Waals surface area contributed by atoms with Gasteiger partial charge in [-0.1, -0.05) is 0 Å². The minimum absolute atomic E-state index is 0.0190. The van der Waals surface area contributed by atoms with E-state index in [0.717, 1.165) is 31.8 Å². The van der Waals surface area contributed by atoms with Gasteiger partial charge in [-0.25, -0.2) is 9.78 Å². The first-order valence-corrected chi connectivity index (χ1v) is 8.26. The molecule has 1 N–H and O–H groups in total. The van der Waals surface area contributed by atoms with Gasteiger partial charge in [0.15, 0.2) is 0 Å². The Kier molecular flexibility index (Phi) is 6.60. The number of carbonyl (C=O) groups is 2. The van der Waals surface area contributed by atoms with E-state index in [4.69, 9.17) is 0 Å². The van der Waals surface area contributed by atoms with E-state index in [-0.39, 0.29) is 12.5 Å². The van der Waals surface area contributed by atoms with Crippen molar-refractivity contribution in [2.24, 2.45) is 0 Å². The number of likely N-dealkylation sites (tertiary alicyclic amines) is 1. The van der Waals surface area contributed by atoms with Gasteiger partial charge in [-0.2, -0.15) is 0 Å². The topological polar surface area (TPSA) is 79.7 Å². The van der Waals surface area contributed by atoms with Gasteiger partial charge < -0.3 is 24.4 Å². The molecule has 0 saturated carbocycles. The molecule has 24 heavy (non-hydrogen) atoms. The highest BCUT2D eigenvalue weighted by Crippen LogP contribution is 2.26. The van der Waals surface area contributed by atoms with Crippen molar-refractivity contribution in [3.63, 3.8) is 0 Å². The SMILES string of the molecule is COC(=O)NCC(=O)N1CCC(c2nccn2CCN(C)C)CC1. The zero-order valence-electron chi connectivity index (χ0n) is 14.7. The van der Waals surface area contributed by atoms with Crippen molar-refractivity contribution in [1.82, 2.24) is 24.7 Å². The molecule has 1 aromatic heterocycles. The molecule has 134 valence electrons. The van der Waals surface area contributed by atoms with Crippen LogP contribution in [0.2, 0.25) is 0 Å². The summed E-state index contributed by atoms with van der Waals surface area (Å²) >= 11 is 0. The van der Waals surface area contributed by atoms with Gasteiger partial charge in [0.05, 0.1) is 7.11 Å². The Labute approximate surface area is 142 Å². The van der Waals surface area contributed by atoms with Crippen LogP contribution in [-0.2, 0) is 16.1 Å². The average molecular weight is 337 g/mol. The first-order chi connectivity index (χ1) is 11.5. The number of likely N-dealkylation sites (N-methyl/N-ethyl adjacent to an activating group) is 1. The van der Waals surface area contributed by atoms with Crippen molar-refractivity contribution in [3.8, 4) is 0 Å². The number of aromatic nitrogens is 2. The zero-order chi connectivity index (χ0) is 17.5. The predicted molar refractivity (Wildman–Crippen MR) is 89.7 cm³/mol. The normalized spacial score (nSPS) is 15.6. The number of methoxy groups -OCH3 is 1. The lowest BCUT2D eigenvalue weighted by Crippen LogP contribution is -2.44. The highest BCUT2D eigenvalue weighted by atomic mass is 16.5. The van der Waals surface area contributed by atoms with Gasteiger partial charge in [-0.3, -0.25) is 4.79 Å². The van der Waals surface area contributed by atoms with Crippen molar-refractivity contribution < 1.29 is 14.3 Å². The van der Waals surface area contributed by atoms with E-state index in [1.807, 2.05) is 12.4 Å². The Bertz CT molecular complexity index is 550. The number of alkyl carbamates (subject to hydrolysis) is 1. The summed E-state index contributed by atoms with van der Waals surface area (Å²) in [6.45, 7) is 3.25. The smallest absolute Gasteiger partial charge is 0.407 e. The second-order valence-electron chi connectivity index (χ2n) is 6.28. The van der Waals surface area contributed by atoms with Gasteiger partial charge in [0.25, 0.3) is 0 Å². The second kappa shape index (κ2) is 8.68. The Morgan fingerprint density at radius 3 is 2.71 bits per heavy atom. The molecule has 2 heterocycles. The number of hydrogen-bond donors (Lipinski definition) is 1. The maximum absolute atomic E-state index is 12.1. The van der Waals surface area contributed by atoms with E-state index < -0.39 is 6.09 Å². The van der Waals surface area contributed by atoms with Gasteiger partial charge in [-0.05, 0) is 26.9 Å². The summed E-state index contributed by atoms with van der Waals surface area (Å²) in [7, 11) is 5.40. The van der Waals surface area contributed by atoms with Gasteiger partial charge in [0.1, 0.15) is 12.4 Å². The molecule has 0 aliphatic carbocycles. The number of nitrogens with one attached hydrogen (secondary N) is 1. The standard InChI is InChI=1S/C16H27N5O3/c1-19(2)10-11-21-9-6-17-15(21)13-4-7-20(8-5-13)14(22)12-18-16(23)24-3/h6,9,13H,4-5,7-8,10-12H2,1-3H3,(H,18,23). The lowest BCUT2D eigenvalue weighted by atomic mass is 9.96. The third kappa shape index (κ3) is 4.95. The van der Waals surface area contributed by atoms with Crippen LogP contribution in [-0.4, -0.2) is 78.7 Å². The summed E-state index contributed by atoms with van der Waals surface area (Å²) in [5.74, 6) is 1.41. The molecule has 0 bridgehead atoms. The van der Waals surface area contributed by atoms with Gasteiger partial charge in [0.2, 0.25) is 5.91 Å². The number of imidazole rings is 1. The number of carbonyl (C=O) groups excluding carboxylic acids is 2. The number of rotatable bonds is 6. The van der Waals surface area contributed by atoms with Crippen molar-refractivity contribution in [3.05, 3.63) is 18.2 Å². The first-order valence-electron chi connectivity index (χ1n) is 8.26. The number of amides is 2. The zero-order valence-corrected chi connectivity index (χ0v) is 14.7. The summed E-state index contributed by atoms with van der Waals surface area (Å²) in [4.78, 5) is 31.6. The molecule has 1 aliphatic heterocycles. The van der Waals surface area contributed by atoms with E-state index in [9.17, 15) is 9.59 Å². The summed E-state index contributed by atoms with van der Waals surface area (Å²) in [6, 6.07) is 0. The maximum Gasteiger partial charge on any atom is 0.407 e. The van der Waals surface area contributed by atoms with E-state index in [2.05, 4.69) is 38.6 Å². The molecule has 1 saturated heterocycles. The second-order valence-corrected chi connectivity index (χ2v) is 6.28. The number of ether oxygens (including phenoxy) is 1. The molecule has 8 nitrogen and oxygen atoms in total. The van der Waals surface area contributed by atoms with E-state index in [0.29, 0.717) is 19.0 Å². The molecule has 0 aromatic carbocycles. The van der Waals surface area contributed by atoms with Crippen molar-refractivity contribution in [2.75, 3.05) is 47.4 Å². The minimum atomic E-state index is -0.582. The summed E-state index contributed by atoms with van der Waals surface area (Å²) in [5.41, 5.74) is 0. The van der Waals surface area contributed by atoms with Crippen LogP contribution in [0.25, 0.3) is 0 Å². The number of nitrogens with zero attached hydrogens (tertiary/aromatic N) is 4. The van der Waals surface area contributed by atoms with Gasteiger partial charge in [0, 0.05) is 44.5 Å². The van der Waals surface area contributed by atoms with Crippen molar-refractivity contribution in [1.29, 1.82) is 0 Å². The van der Waals surface area contributed by atoms with E-state index in [1.165, 1.54) is 7.11 Å². The molecule has 0 radical (unpaired) electrons. The van der Waals surface area contributed by atoms with Crippen molar-refractivity contribution >= 4 is 12.0 Å². The van der Waals surface area contributed by atoms with Gasteiger partial charge >= 0.3 is 6.09 Å². The van der Waals surface area contributed by atoms with Crippen LogP contribution >= 0.6 is 0 Å². The largest absolute Gasteiger partial charge is 0.453 e. The Hall–Kier alpha value is -2.09. The molecule has 1 aromatic rings. The highest BCUT2D eigenvalue weighted by molar-refractivity contribution is 5.82. The maximum atomic E-state index is 12.1. The Morgan fingerprint density at radius 2 is 2.08 bits per heavy atom. The summed E-state index contributed by atoms with van der Waals surface area (Å²) in [5, 5.41) is 2.43. The summed E-state index contributed by atoms with van der Waals surface area (Å²) in [6.07, 6.45) is 5.08. The quantitative estimate of drug-likeness (QED) is 0.818. The van der Waals surface area contributed by atoms with E-state index >= 15 is 0 Å². The monoisotopic (exact) mass is 337 g/mol. The fourth-order valence-corrected chi connectivity index (χ4v) is 2.90. The third-order valence-electron chi connectivity index (χ3n) is 4.32. The van der Waals surface area contributed by atoms with Crippen LogP contribution in [0.1, 0.15) is 24.6 Å². The first kappa shape index (κ1) is 18.3. The lowest BCUT2D eigenvalue weighted by Gasteiger charge is -2.32. The van der Waals surface area contributed by atoms with Crippen LogP contribution in [0.4, 0.5) is 4.79 Å². The van der Waals surface area contributed by atoms with Crippen LogP contribution in [0, 0.1) is 0 Å². The predicted octanol–water partition coefficient (Wildman–Crippen LogP) is 0.507. The third-order valence-corrected chi connectivity index (χ3v) is 4.32. The molecular weight excluding hydrogens is 310 g/mol. The van der Waals surface area contributed by atoms with Crippen LogP contribution in [0.5, 0.6) is 0 Å². The lowest BCUT2D eigenvalue weighted by molar-refractivity contribution is -0.131. The van der Waals surface area contributed by atoms with Crippen molar-refractivity contribution in [2.45, 2.75) is 25.3 Å². The molecule has 2 rings (SSSR count). The van der Waals surface area contributed by atoms with Crippen LogP contribution in [0.3, 0.4) is 0 Å². The fourth-order valence-electron chi connectivity index (χ4n) is 2.90.